The van der Waals surface area contributed by atoms with Crippen LogP contribution in [-0.2, 0) is 6.42 Å². The number of halogens is 3. The predicted molar refractivity (Wildman–Crippen MR) is 167 cm³/mol. The zero-order valence-corrected chi connectivity index (χ0v) is 25.1. The van der Waals surface area contributed by atoms with Gasteiger partial charge in [-0.15, -0.1) is 11.3 Å². The predicted octanol–water partition coefficient (Wildman–Crippen LogP) is 10.1. The first kappa shape index (κ1) is 25.1. The van der Waals surface area contributed by atoms with Crippen LogP contribution in [0.3, 0.4) is 0 Å². The van der Waals surface area contributed by atoms with Crippen molar-refractivity contribution in [2.45, 2.75) is 12.5 Å². The fraction of sp³-hybridized carbons (Fsp3) is 0.0968. The summed E-state index contributed by atoms with van der Waals surface area (Å²) in [7, 11) is 0. The van der Waals surface area contributed by atoms with Gasteiger partial charge >= 0.3 is 0 Å². The van der Waals surface area contributed by atoms with Gasteiger partial charge in [-0.2, -0.15) is 0 Å². The molecule has 2 nitrogen and oxygen atoms in total. The molecular weight excluding hydrogens is 676 g/mol. The molecule has 0 aliphatic heterocycles. The second-order valence-corrected chi connectivity index (χ2v) is 12.5. The lowest BCUT2D eigenvalue weighted by Crippen LogP contribution is -2.24. The van der Waals surface area contributed by atoms with Crippen LogP contribution in [0.15, 0.2) is 104 Å². The summed E-state index contributed by atoms with van der Waals surface area (Å²) in [6, 6.07) is 31.5. The zero-order valence-electron chi connectivity index (χ0n) is 19.5. The summed E-state index contributed by atoms with van der Waals surface area (Å²) in [4.78, 5) is 0. The molecule has 0 amide bonds. The van der Waals surface area contributed by atoms with Gasteiger partial charge in [0.1, 0.15) is 11.9 Å². The van der Waals surface area contributed by atoms with E-state index < -0.39 is 0 Å². The van der Waals surface area contributed by atoms with Crippen LogP contribution < -0.4 is 4.74 Å². The van der Waals surface area contributed by atoms with E-state index in [-0.39, 0.29) is 12.7 Å². The lowest BCUT2D eigenvalue weighted by atomic mass is 9.93. The maximum atomic E-state index is 10.0. The van der Waals surface area contributed by atoms with Crippen LogP contribution in [0.25, 0.3) is 42.1 Å². The van der Waals surface area contributed by atoms with Crippen molar-refractivity contribution < 1.29 is 9.84 Å². The van der Waals surface area contributed by atoms with Gasteiger partial charge in [0.2, 0.25) is 0 Å². The van der Waals surface area contributed by atoms with Crippen LogP contribution in [0, 0.1) is 0 Å². The van der Waals surface area contributed by atoms with E-state index in [0.717, 1.165) is 24.5 Å². The number of aliphatic hydroxyl groups excluding tert-OH is 1. The third-order valence-corrected chi connectivity index (χ3v) is 10.0. The first-order chi connectivity index (χ1) is 18.0. The summed E-state index contributed by atoms with van der Waals surface area (Å²) in [6.45, 7) is -0.0750. The van der Waals surface area contributed by atoms with E-state index in [2.05, 4.69) is 108 Å². The molecular formula is C31H21Br3O2S. The topological polar surface area (TPSA) is 29.5 Å². The molecule has 0 fully saturated rings. The van der Waals surface area contributed by atoms with Gasteiger partial charge in [0.25, 0.3) is 0 Å². The molecule has 6 heteroatoms. The number of aliphatic hydroxyl groups is 1. The molecule has 0 unspecified atom stereocenters. The number of ether oxygens (including phenoxy) is 1. The average molecular weight is 697 g/mol. The van der Waals surface area contributed by atoms with Crippen molar-refractivity contribution in [1.82, 2.24) is 0 Å². The maximum absolute atomic E-state index is 10.0. The Morgan fingerprint density at radius 2 is 1.38 bits per heavy atom. The van der Waals surface area contributed by atoms with E-state index in [1.54, 1.807) is 0 Å². The molecule has 1 aromatic heterocycles. The maximum Gasteiger partial charge on any atom is 0.148 e. The first-order valence-electron chi connectivity index (χ1n) is 11.9. The number of hydrogen-bond donors (Lipinski definition) is 1. The molecule has 0 bridgehead atoms. The number of benzene rings is 5. The van der Waals surface area contributed by atoms with Crippen molar-refractivity contribution >= 4 is 90.1 Å². The minimum atomic E-state index is -0.359. The van der Waals surface area contributed by atoms with Crippen molar-refractivity contribution in [1.29, 1.82) is 0 Å². The van der Waals surface area contributed by atoms with E-state index in [4.69, 9.17) is 4.74 Å². The highest BCUT2D eigenvalue weighted by Crippen LogP contribution is 2.50. The number of rotatable bonds is 6. The standard InChI is InChI=1S/C31H21Br3O2S/c32-24-15-19(16-25(33)30(24)36-20(17-35)14-18-8-2-1-3-9-18)27-21-10-4-5-11-22(21)29(34)31-28(27)23-12-6-7-13-26(23)37-31/h1-13,15-16,20,35H,14,17H2/t20-/m1/s1. The quantitative estimate of drug-likeness (QED) is 0.188. The van der Waals surface area contributed by atoms with Crippen LogP contribution in [0.5, 0.6) is 5.75 Å². The Kier molecular flexibility index (Phi) is 7.12. The molecule has 0 spiro atoms. The minimum absolute atomic E-state index is 0.0750. The van der Waals surface area contributed by atoms with Crippen molar-refractivity contribution in [2.75, 3.05) is 6.61 Å². The number of fused-ring (bicyclic) bond motifs is 4. The Balaban J connectivity index is 1.51. The van der Waals surface area contributed by atoms with E-state index in [1.165, 1.54) is 36.5 Å². The van der Waals surface area contributed by atoms with Crippen LogP contribution in [0.2, 0.25) is 0 Å². The first-order valence-corrected chi connectivity index (χ1v) is 15.1. The molecule has 6 rings (SSSR count). The molecule has 5 aromatic carbocycles. The van der Waals surface area contributed by atoms with E-state index in [9.17, 15) is 5.11 Å². The fourth-order valence-corrected chi connectivity index (χ4v) is 8.22. The Morgan fingerprint density at radius 1 is 0.757 bits per heavy atom. The summed E-state index contributed by atoms with van der Waals surface area (Å²) in [5.41, 5.74) is 3.41. The van der Waals surface area contributed by atoms with Crippen LogP contribution >= 0.6 is 59.1 Å². The highest BCUT2D eigenvalue weighted by Gasteiger charge is 2.21. The van der Waals surface area contributed by atoms with Crippen LogP contribution in [-0.4, -0.2) is 17.8 Å². The van der Waals surface area contributed by atoms with Gasteiger partial charge in [-0.3, -0.25) is 0 Å². The fourth-order valence-electron chi connectivity index (χ4n) is 4.90. The van der Waals surface area contributed by atoms with Crippen LogP contribution in [0.4, 0.5) is 0 Å². The molecule has 6 aromatic rings. The van der Waals surface area contributed by atoms with Gasteiger partial charge in [-0.1, -0.05) is 72.8 Å². The van der Waals surface area contributed by atoms with E-state index >= 15 is 0 Å². The highest BCUT2D eigenvalue weighted by molar-refractivity contribution is 9.11. The summed E-state index contributed by atoms with van der Waals surface area (Å²) in [6.07, 6.45) is 0.262. The molecule has 1 atom stereocenters. The SMILES string of the molecule is OC[C@@H](Cc1ccccc1)Oc1c(Br)cc(-c2c3ccccc3c(Br)c3sc4ccccc4c23)cc1Br. The summed E-state index contributed by atoms with van der Waals surface area (Å²) in [5.74, 6) is 0.687. The van der Waals surface area contributed by atoms with Gasteiger partial charge < -0.3 is 9.84 Å². The summed E-state index contributed by atoms with van der Waals surface area (Å²) >= 11 is 13.3. The normalized spacial score (nSPS) is 12.4. The Labute approximate surface area is 244 Å². The molecule has 0 radical (unpaired) electrons. The lowest BCUT2D eigenvalue weighted by molar-refractivity contribution is 0.114. The number of hydrogen-bond acceptors (Lipinski definition) is 3. The molecule has 37 heavy (non-hydrogen) atoms. The van der Waals surface area contributed by atoms with Crippen molar-refractivity contribution in [3.63, 3.8) is 0 Å². The number of thiophene rings is 1. The molecule has 1 N–H and O–H groups in total. The second-order valence-electron chi connectivity index (χ2n) is 8.92. The van der Waals surface area contributed by atoms with Crippen LogP contribution in [0.1, 0.15) is 5.56 Å². The van der Waals surface area contributed by atoms with E-state index in [0.29, 0.717) is 12.2 Å². The van der Waals surface area contributed by atoms with Gasteiger partial charge in [-0.25, -0.2) is 0 Å². The van der Waals surface area contributed by atoms with Crippen molar-refractivity contribution in [3.05, 3.63) is 110 Å². The lowest BCUT2D eigenvalue weighted by Gasteiger charge is -2.20. The zero-order chi connectivity index (χ0) is 25.5. The van der Waals surface area contributed by atoms with Crippen molar-refractivity contribution in [3.8, 4) is 16.9 Å². The summed E-state index contributed by atoms with van der Waals surface area (Å²) < 4.78 is 11.6. The minimum Gasteiger partial charge on any atom is -0.485 e. The Bertz CT molecular complexity index is 1740. The van der Waals surface area contributed by atoms with Gasteiger partial charge in [0.15, 0.2) is 0 Å². The molecule has 184 valence electrons. The molecule has 0 saturated heterocycles. The van der Waals surface area contributed by atoms with E-state index in [1.807, 2.05) is 41.7 Å². The third-order valence-electron chi connectivity index (χ3n) is 6.56. The van der Waals surface area contributed by atoms with Crippen molar-refractivity contribution in [2.24, 2.45) is 0 Å². The largest absolute Gasteiger partial charge is 0.485 e. The summed E-state index contributed by atoms with van der Waals surface area (Å²) in [5, 5.41) is 14.9. The Morgan fingerprint density at radius 3 is 2.08 bits per heavy atom. The third kappa shape index (κ3) is 4.64. The molecule has 0 saturated carbocycles. The van der Waals surface area contributed by atoms with Gasteiger partial charge in [0.05, 0.1) is 20.3 Å². The Hall–Kier alpha value is -2.22. The molecule has 0 aliphatic rings. The van der Waals surface area contributed by atoms with Gasteiger partial charge in [0, 0.05) is 26.4 Å². The molecule has 1 heterocycles. The second kappa shape index (κ2) is 10.5. The smallest absolute Gasteiger partial charge is 0.148 e. The average Bonchev–Trinajstić information content (AvgIpc) is 3.31. The highest BCUT2D eigenvalue weighted by atomic mass is 79.9. The monoisotopic (exact) mass is 694 g/mol. The van der Waals surface area contributed by atoms with Gasteiger partial charge in [-0.05, 0) is 93.5 Å². The molecule has 0 aliphatic carbocycles.